The van der Waals surface area contributed by atoms with Crippen LogP contribution in [0, 0.1) is 0 Å². The normalized spacial score (nSPS) is 5.17. The zero-order valence-electron chi connectivity index (χ0n) is 3.31. The molecule has 0 spiro atoms. The summed E-state index contributed by atoms with van der Waals surface area (Å²) in [4.78, 5) is 9.00. The van der Waals surface area contributed by atoms with E-state index < -0.39 is 5.97 Å². The Bertz CT molecular complexity index is 34.5. The molecule has 0 fully saturated rings. The third kappa shape index (κ3) is 45.7. The largest absolute Gasteiger partial charge is 0.481 e. The quantitative estimate of drug-likeness (QED) is 0.413. The Morgan fingerprint density at radius 1 is 1.83 bits per heavy atom. The van der Waals surface area contributed by atoms with E-state index in [1.807, 2.05) is 0 Å². The van der Waals surface area contributed by atoms with E-state index in [1.165, 1.54) is 0 Å². The van der Waals surface area contributed by atoms with Crippen LogP contribution in [0.3, 0.4) is 0 Å². The molecule has 0 bridgehead atoms. The Balaban J connectivity index is 0. The number of hydrogen-bond donors (Lipinski definition) is 2. The van der Waals surface area contributed by atoms with E-state index in [0.29, 0.717) is 0 Å². The standard InChI is InChI=1S/C2H4O2.FH2N/c1-2(3)4;1-2/h1H3,(H,3,4);2H2. The smallest absolute Gasteiger partial charge is 0.300 e. The number of nitrogens with two attached hydrogens (primary N) is 1. The van der Waals surface area contributed by atoms with Crippen molar-refractivity contribution in [3.8, 4) is 0 Å². The number of rotatable bonds is 0. The Morgan fingerprint density at radius 3 is 1.83 bits per heavy atom. The number of carboxylic acid groups (broad SMARTS) is 1. The van der Waals surface area contributed by atoms with Crippen LogP contribution < -0.4 is 5.96 Å². The Kier molecular flexibility index (Phi) is 13.3. The van der Waals surface area contributed by atoms with Crippen LogP contribution in [0.25, 0.3) is 0 Å². The second-order valence-electron chi connectivity index (χ2n) is 0.519. The predicted molar refractivity (Wildman–Crippen MR) is 18.6 cm³/mol. The van der Waals surface area contributed by atoms with Crippen molar-refractivity contribution in [1.82, 2.24) is 0 Å². The van der Waals surface area contributed by atoms with Crippen LogP contribution in [0.4, 0.5) is 4.48 Å². The van der Waals surface area contributed by atoms with E-state index in [0.717, 1.165) is 6.92 Å². The summed E-state index contributed by atoms with van der Waals surface area (Å²) in [5.74, 6) is 2.17. The molecule has 0 saturated heterocycles. The van der Waals surface area contributed by atoms with E-state index in [2.05, 4.69) is 5.96 Å². The van der Waals surface area contributed by atoms with Gasteiger partial charge in [-0.3, -0.25) is 4.79 Å². The van der Waals surface area contributed by atoms with Gasteiger partial charge in [0.1, 0.15) is 0 Å². The molecule has 0 aromatic rings. The molecule has 0 aromatic carbocycles. The highest BCUT2D eigenvalue weighted by Crippen LogP contribution is 1.42. The fourth-order valence-corrected chi connectivity index (χ4v) is 0. The summed E-state index contributed by atoms with van der Waals surface area (Å²) in [5.41, 5.74) is 0. The first-order valence-corrected chi connectivity index (χ1v) is 1.15. The molecule has 0 aromatic heterocycles. The molecule has 6 heavy (non-hydrogen) atoms. The highest BCUT2D eigenvalue weighted by Gasteiger charge is 1.65. The first-order valence-electron chi connectivity index (χ1n) is 1.15. The van der Waals surface area contributed by atoms with Crippen LogP contribution >= 0.6 is 0 Å². The maximum absolute atomic E-state index is 9.00. The second kappa shape index (κ2) is 8.84. The summed E-state index contributed by atoms with van der Waals surface area (Å²) in [6.45, 7) is 1.08. The van der Waals surface area contributed by atoms with Gasteiger partial charge in [0.15, 0.2) is 0 Å². The third-order valence-corrected chi connectivity index (χ3v) is 0. The van der Waals surface area contributed by atoms with Gasteiger partial charge in [-0.2, -0.15) is 5.96 Å². The monoisotopic (exact) mass is 95.0 g/mol. The average Bonchev–Trinajstić information content (AvgIpc) is 1.41. The van der Waals surface area contributed by atoms with Crippen molar-refractivity contribution in [3.05, 3.63) is 0 Å². The minimum absolute atomic E-state index is 0.833. The van der Waals surface area contributed by atoms with Crippen molar-refractivity contribution < 1.29 is 14.4 Å². The number of aliphatic carboxylic acids is 1. The molecule has 0 heterocycles. The molecule has 38 valence electrons. The van der Waals surface area contributed by atoms with Crippen molar-refractivity contribution in [3.63, 3.8) is 0 Å². The van der Waals surface area contributed by atoms with E-state index in [-0.39, 0.29) is 0 Å². The van der Waals surface area contributed by atoms with Gasteiger partial charge in [0, 0.05) is 6.92 Å². The molecule has 0 radical (unpaired) electrons. The van der Waals surface area contributed by atoms with Crippen LogP contribution in [0.5, 0.6) is 0 Å². The second-order valence-corrected chi connectivity index (χ2v) is 0.519. The summed E-state index contributed by atoms with van der Waals surface area (Å²) >= 11 is 0. The first-order chi connectivity index (χ1) is 2.73. The average molecular weight is 95.1 g/mol. The van der Waals surface area contributed by atoms with Crippen molar-refractivity contribution in [2.75, 3.05) is 0 Å². The van der Waals surface area contributed by atoms with E-state index in [4.69, 9.17) is 14.4 Å². The van der Waals surface area contributed by atoms with Gasteiger partial charge in [-0.1, -0.05) is 0 Å². The van der Waals surface area contributed by atoms with Crippen molar-refractivity contribution in [2.24, 2.45) is 5.96 Å². The molecule has 0 atom stereocenters. The number of carbonyl (C=O) groups is 1. The molecule has 3 N–H and O–H groups in total. The third-order valence-electron chi connectivity index (χ3n) is 0. The first kappa shape index (κ1) is 9.03. The lowest BCUT2D eigenvalue weighted by molar-refractivity contribution is -0.134. The molecule has 0 saturated carbocycles. The molecule has 0 aliphatic carbocycles. The molecular weight excluding hydrogens is 89.0 g/mol. The lowest BCUT2D eigenvalue weighted by Gasteiger charge is -1.59. The zero-order chi connectivity index (χ0) is 5.58. The molecule has 0 aliphatic heterocycles. The van der Waals surface area contributed by atoms with Crippen LogP contribution in [0.1, 0.15) is 6.92 Å². The minimum Gasteiger partial charge on any atom is -0.481 e. The summed E-state index contributed by atoms with van der Waals surface area (Å²) in [7, 11) is 0. The maximum Gasteiger partial charge on any atom is 0.300 e. The lowest BCUT2D eigenvalue weighted by atomic mass is 10.9. The molecule has 0 rings (SSSR count). The van der Waals surface area contributed by atoms with Gasteiger partial charge in [-0.25, -0.2) is 0 Å². The Labute approximate surface area is 34.5 Å². The topological polar surface area (TPSA) is 63.3 Å². The fraction of sp³-hybridized carbons (Fsp3) is 0.500. The summed E-state index contributed by atoms with van der Waals surface area (Å²) in [6, 6.07) is 0. The van der Waals surface area contributed by atoms with Gasteiger partial charge in [0.05, 0.1) is 0 Å². The predicted octanol–water partition coefficient (Wildman–Crippen LogP) is -0.0795. The summed E-state index contributed by atoms with van der Waals surface area (Å²) in [6.07, 6.45) is 0. The van der Waals surface area contributed by atoms with Gasteiger partial charge in [0.2, 0.25) is 0 Å². The SMILES string of the molecule is CC(=O)O.NF. The molecule has 3 nitrogen and oxygen atoms in total. The molecular formula is C2H6FNO2. The van der Waals surface area contributed by atoms with Gasteiger partial charge >= 0.3 is 0 Å². The number of carboxylic acids is 1. The number of hydrogen-bond acceptors (Lipinski definition) is 2. The summed E-state index contributed by atoms with van der Waals surface area (Å²) < 4.78 is 9.00. The molecule has 0 aliphatic rings. The van der Waals surface area contributed by atoms with E-state index in [9.17, 15) is 0 Å². The van der Waals surface area contributed by atoms with Crippen LogP contribution in [0.2, 0.25) is 0 Å². The zero-order valence-corrected chi connectivity index (χ0v) is 3.31. The number of halogens is 1. The van der Waals surface area contributed by atoms with Crippen molar-refractivity contribution in [2.45, 2.75) is 6.92 Å². The minimum atomic E-state index is -0.833. The van der Waals surface area contributed by atoms with Gasteiger partial charge in [-0.15, -0.1) is 4.48 Å². The lowest BCUT2D eigenvalue weighted by Crippen LogP contribution is -1.78. The summed E-state index contributed by atoms with van der Waals surface area (Å²) in [5, 5.41) is 7.42. The van der Waals surface area contributed by atoms with Crippen molar-refractivity contribution in [1.29, 1.82) is 0 Å². The van der Waals surface area contributed by atoms with E-state index >= 15 is 0 Å². The highest BCUT2D eigenvalue weighted by atomic mass is 19.2. The highest BCUT2D eigenvalue weighted by molar-refractivity contribution is 5.62. The molecule has 0 unspecified atom stereocenters. The molecule has 4 heteroatoms. The maximum atomic E-state index is 9.00. The van der Waals surface area contributed by atoms with Crippen LogP contribution in [-0.4, -0.2) is 11.1 Å². The van der Waals surface area contributed by atoms with Gasteiger partial charge in [0.25, 0.3) is 5.97 Å². The van der Waals surface area contributed by atoms with Gasteiger partial charge in [-0.05, 0) is 0 Å². The van der Waals surface area contributed by atoms with Crippen molar-refractivity contribution >= 4 is 5.97 Å². The Hall–Kier alpha value is -0.640. The fourth-order valence-electron chi connectivity index (χ4n) is 0. The van der Waals surface area contributed by atoms with E-state index in [1.54, 1.807) is 0 Å². The van der Waals surface area contributed by atoms with Crippen LogP contribution in [-0.2, 0) is 4.79 Å². The van der Waals surface area contributed by atoms with Gasteiger partial charge < -0.3 is 5.11 Å². The Morgan fingerprint density at radius 2 is 1.83 bits per heavy atom. The molecule has 0 amide bonds. The van der Waals surface area contributed by atoms with Crippen LogP contribution in [0.15, 0.2) is 0 Å².